The molecule has 4 nitrogen and oxygen atoms in total. The molecule has 0 aromatic heterocycles. The average molecular weight is 399 g/mol. The number of hydrogen-bond donors (Lipinski definition) is 0. The predicted molar refractivity (Wildman–Crippen MR) is 134 cm³/mol. The SMILES string of the molecule is C.C.C.CC(CC(C)C)=NCN(CN=C(C)CC(C)C)CN=C(C)CC(C)C. The summed E-state index contributed by atoms with van der Waals surface area (Å²) in [7, 11) is 0. The summed E-state index contributed by atoms with van der Waals surface area (Å²) in [6, 6.07) is 0. The molecule has 0 bridgehead atoms. The molecule has 0 rings (SSSR count). The highest BCUT2D eigenvalue weighted by Crippen LogP contribution is 2.05. The summed E-state index contributed by atoms with van der Waals surface area (Å²) in [5.41, 5.74) is 3.64. The van der Waals surface area contributed by atoms with E-state index in [0.29, 0.717) is 37.8 Å². The van der Waals surface area contributed by atoms with Gasteiger partial charge >= 0.3 is 0 Å². The fourth-order valence-electron chi connectivity index (χ4n) is 2.76. The smallest absolute Gasteiger partial charge is 0.0938 e. The summed E-state index contributed by atoms with van der Waals surface area (Å²) < 4.78 is 0. The Hall–Kier alpha value is -1.03. The number of hydrogen-bond acceptors (Lipinski definition) is 4. The second-order valence-corrected chi connectivity index (χ2v) is 8.57. The van der Waals surface area contributed by atoms with E-state index in [1.807, 2.05) is 0 Å². The molecule has 0 N–H and O–H groups in total. The summed E-state index contributed by atoms with van der Waals surface area (Å²) in [6.07, 6.45) is 3.16. The van der Waals surface area contributed by atoms with Crippen LogP contribution in [0.3, 0.4) is 0 Å². The zero-order valence-electron chi connectivity index (χ0n) is 18.3. The van der Waals surface area contributed by atoms with Crippen LogP contribution in [0, 0.1) is 17.8 Å². The lowest BCUT2D eigenvalue weighted by molar-refractivity contribution is 0.301. The molecule has 0 atom stereocenters. The Morgan fingerprint density at radius 3 is 0.929 bits per heavy atom. The van der Waals surface area contributed by atoms with Crippen LogP contribution in [-0.2, 0) is 0 Å². The largest absolute Gasteiger partial charge is 0.279 e. The molecular formula is C24H54N4. The van der Waals surface area contributed by atoms with Crippen LogP contribution in [0.2, 0.25) is 0 Å². The van der Waals surface area contributed by atoms with E-state index in [4.69, 9.17) is 15.0 Å². The highest BCUT2D eigenvalue weighted by molar-refractivity contribution is 5.83. The minimum atomic E-state index is 0. The summed E-state index contributed by atoms with van der Waals surface area (Å²) >= 11 is 0. The van der Waals surface area contributed by atoms with Crippen molar-refractivity contribution in [2.24, 2.45) is 32.7 Å². The van der Waals surface area contributed by atoms with Crippen molar-refractivity contribution >= 4 is 17.1 Å². The standard InChI is InChI=1S/C21H42N4.3CH4/c1-16(2)10-19(7)22-13-25(14-23-20(8)11-17(3)4)15-24-21(9)12-18(5)6;;;/h16-18H,10-15H2,1-9H3;3*1H4. The van der Waals surface area contributed by atoms with E-state index in [0.717, 1.165) is 19.3 Å². The summed E-state index contributed by atoms with van der Waals surface area (Å²) in [6.45, 7) is 21.8. The molecule has 0 aliphatic heterocycles. The van der Waals surface area contributed by atoms with Crippen LogP contribution < -0.4 is 0 Å². The van der Waals surface area contributed by atoms with E-state index in [9.17, 15) is 0 Å². The van der Waals surface area contributed by atoms with Crippen LogP contribution in [0.4, 0.5) is 0 Å². The Labute approximate surface area is 179 Å². The van der Waals surface area contributed by atoms with Crippen LogP contribution >= 0.6 is 0 Å². The predicted octanol–water partition coefficient (Wildman–Crippen LogP) is 7.59. The van der Waals surface area contributed by atoms with Crippen LogP contribution in [0.15, 0.2) is 15.0 Å². The molecule has 0 aromatic carbocycles. The molecule has 0 aromatic rings. The molecule has 0 saturated carbocycles. The fourth-order valence-corrected chi connectivity index (χ4v) is 2.76. The number of rotatable bonds is 12. The molecule has 0 amide bonds. The highest BCUT2D eigenvalue weighted by atomic mass is 15.3. The minimum absolute atomic E-state index is 0. The lowest BCUT2D eigenvalue weighted by Crippen LogP contribution is -2.26. The lowest BCUT2D eigenvalue weighted by Gasteiger charge is -2.18. The Kier molecular flexibility index (Phi) is 23.8. The summed E-state index contributed by atoms with van der Waals surface area (Å²) in [5.74, 6) is 1.94. The first-order valence-electron chi connectivity index (χ1n) is 9.82. The van der Waals surface area contributed by atoms with Crippen molar-refractivity contribution in [3.63, 3.8) is 0 Å². The second-order valence-electron chi connectivity index (χ2n) is 8.57. The van der Waals surface area contributed by atoms with Gasteiger partial charge in [-0.3, -0.25) is 15.0 Å². The Morgan fingerprint density at radius 2 is 0.750 bits per heavy atom. The molecule has 0 aliphatic carbocycles. The van der Waals surface area contributed by atoms with E-state index >= 15 is 0 Å². The maximum absolute atomic E-state index is 4.75. The quantitative estimate of drug-likeness (QED) is 0.312. The van der Waals surface area contributed by atoms with Crippen molar-refractivity contribution in [2.45, 2.75) is 104 Å². The van der Waals surface area contributed by atoms with Crippen LogP contribution in [-0.4, -0.2) is 42.0 Å². The van der Waals surface area contributed by atoms with E-state index in [2.05, 4.69) is 67.2 Å². The Morgan fingerprint density at radius 1 is 0.536 bits per heavy atom. The number of aliphatic imine (C=N–C) groups is 3. The van der Waals surface area contributed by atoms with Gasteiger partial charge in [-0.05, 0) is 57.8 Å². The number of nitrogens with zero attached hydrogens (tertiary/aromatic N) is 4. The molecule has 0 saturated heterocycles. The van der Waals surface area contributed by atoms with Gasteiger partial charge in [-0.25, -0.2) is 4.90 Å². The third-order valence-electron chi connectivity index (χ3n) is 3.73. The van der Waals surface area contributed by atoms with Crippen molar-refractivity contribution in [1.29, 1.82) is 0 Å². The fraction of sp³-hybridized carbons (Fsp3) is 0.875. The summed E-state index contributed by atoms with van der Waals surface area (Å²) in [5, 5.41) is 0. The molecule has 0 spiro atoms. The third-order valence-corrected chi connectivity index (χ3v) is 3.73. The molecule has 28 heavy (non-hydrogen) atoms. The van der Waals surface area contributed by atoms with Crippen molar-refractivity contribution in [1.82, 2.24) is 4.90 Å². The first-order valence-corrected chi connectivity index (χ1v) is 9.82. The minimum Gasteiger partial charge on any atom is -0.279 e. The summed E-state index contributed by atoms with van der Waals surface area (Å²) in [4.78, 5) is 16.5. The Balaban J connectivity index is -0.000000960. The maximum atomic E-state index is 4.75. The normalized spacial score (nSPS) is 13.0. The zero-order chi connectivity index (χ0) is 19.4. The highest BCUT2D eigenvalue weighted by Gasteiger charge is 2.06. The Bertz CT molecular complexity index is 379. The van der Waals surface area contributed by atoms with Crippen molar-refractivity contribution < 1.29 is 0 Å². The van der Waals surface area contributed by atoms with Gasteiger partial charge in [0.25, 0.3) is 0 Å². The van der Waals surface area contributed by atoms with Gasteiger partial charge in [0.15, 0.2) is 0 Å². The van der Waals surface area contributed by atoms with Gasteiger partial charge in [0.05, 0.1) is 20.0 Å². The molecule has 4 heteroatoms. The molecule has 0 heterocycles. The molecule has 0 aliphatic rings. The van der Waals surface area contributed by atoms with Gasteiger partial charge in [-0.1, -0.05) is 63.8 Å². The van der Waals surface area contributed by atoms with Gasteiger partial charge < -0.3 is 0 Å². The van der Waals surface area contributed by atoms with E-state index < -0.39 is 0 Å². The molecule has 170 valence electrons. The van der Waals surface area contributed by atoms with Gasteiger partial charge in [0.1, 0.15) is 0 Å². The molecule has 0 unspecified atom stereocenters. The zero-order valence-corrected chi connectivity index (χ0v) is 18.3. The topological polar surface area (TPSA) is 40.3 Å². The van der Waals surface area contributed by atoms with Gasteiger partial charge in [0.2, 0.25) is 0 Å². The van der Waals surface area contributed by atoms with Crippen LogP contribution in [0.5, 0.6) is 0 Å². The van der Waals surface area contributed by atoms with Crippen molar-refractivity contribution in [3.8, 4) is 0 Å². The lowest BCUT2D eigenvalue weighted by atomic mass is 10.1. The van der Waals surface area contributed by atoms with E-state index in [-0.39, 0.29) is 22.3 Å². The first kappa shape index (κ1) is 34.5. The average Bonchev–Trinajstić information content (AvgIpc) is 2.44. The van der Waals surface area contributed by atoms with Crippen LogP contribution in [0.25, 0.3) is 0 Å². The molecule has 0 radical (unpaired) electrons. The van der Waals surface area contributed by atoms with E-state index in [1.54, 1.807) is 0 Å². The van der Waals surface area contributed by atoms with Crippen LogP contribution in [0.1, 0.15) is 104 Å². The molecular weight excluding hydrogens is 344 g/mol. The second kappa shape index (κ2) is 19.3. The monoisotopic (exact) mass is 398 g/mol. The third kappa shape index (κ3) is 21.3. The first-order chi connectivity index (χ1) is 11.6. The van der Waals surface area contributed by atoms with Gasteiger partial charge in [0, 0.05) is 17.1 Å². The maximum Gasteiger partial charge on any atom is 0.0938 e. The van der Waals surface area contributed by atoms with Crippen molar-refractivity contribution in [2.75, 3.05) is 20.0 Å². The van der Waals surface area contributed by atoms with Gasteiger partial charge in [-0.15, -0.1) is 0 Å². The van der Waals surface area contributed by atoms with Crippen molar-refractivity contribution in [3.05, 3.63) is 0 Å². The molecule has 0 fully saturated rings. The van der Waals surface area contributed by atoms with Gasteiger partial charge in [-0.2, -0.15) is 0 Å². The van der Waals surface area contributed by atoms with E-state index in [1.165, 1.54) is 17.1 Å².